The molecule has 2 N–H and O–H groups in total. The Morgan fingerprint density at radius 1 is 1.22 bits per heavy atom. The first-order valence-corrected chi connectivity index (χ1v) is 13.2. The summed E-state index contributed by atoms with van der Waals surface area (Å²) >= 11 is 0. The average Bonchev–Trinajstić information content (AvgIpc) is 2.91. The zero-order chi connectivity index (χ0) is 27.1. The summed E-state index contributed by atoms with van der Waals surface area (Å²) < 4.78 is 25.9. The van der Waals surface area contributed by atoms with E-state index in [9.17, 15) is 4.39 Å². The highest BCUT2D eigenvalue weighted by Crippen LogP contribution is 2.45. The summed E-state index contributed by atoms with van der Waals surface area (Å²) in [5, 5.41) is 7.06. The molecule has 6 nitrogen and oxygen atoms in total. The third-order valence-electron chi connectivity index (χ3n) is 7.64. The average molecular weight is 511 g/mol. The molecule has 0 aromatic carbocycles. The molecule has 1 aromatic rings. The first-order chi connectivity index (χ1) is 17.6. The van der Waals surface area contributed by atoms with Crippen molar-refractivity contribution in [1.82, 2.24) is 10.3 Å². The maximum atomic E-state index is 15.0. The van der Waals surface area contributed by atoms with Gasteiger partial charge in [-0.2, -0.15) is 0 Å². The Bertz CT molecular complexity index is 1080. The van der Waals surface area contributed by atoms with E-state index in [0.29, 0.717) is 36.7 Å². The summed E-state index contributed by atoms with van der Waals surface area (Å²) in [6, 6.07) is 4.02. The molecule has 3 rings (SSSR count). The van der Waals surface area contributed by atoms with E-state index in [1.54, 1.807) is 0 Å². The highest BCUT2D eigenvalue weighted by Gasteiger charge is 2.37. The van der Waals surface area contributed by atoms with Crippen LogP contribution in [-0.2, 0) is 11.3 Å². The lowest BCUT2D eigenvalue weighted by molar-refractivity contribution is 0.121. The van der Waals surface area contributed by atoms with Crippen LogP contribution in [0.1, 0.15) is 71.9 Å². The predicted molar refractivity (Wildman–Crippen MR) is 151 cm³/mol. The Labute approximate surface area is 221 Å². The zero-order valence-electron chi connectivity index (χ0n) is 23.2. The van der Waals surface area contributed by atoms with E-state index in [1.807, 2.05) is 26.0 Å². The number of ether oxygens (including phenoxy) is 2. The molecule has 1 aliphatic heterocycles. The van der Waals surface area contributed by atoms with Crippen LogP contribution in [0.4, 0.5) is 10.2 Å². The molecule has 2 aliphatic rings. The molecule has 0 unspecified atom stereocenters. The number of aromatic nitrogens is 1. The third-order valence-corrected chi connectivity index (χ3v) is 7.64. The van der Waals surface area contributed by atoms with Gasteiger partial charge in [-0.25, -0.2) is 14.4 Å². The van der Waals surface area contributed by atoms with Gasteiger partial charge in [0, 0.05) is 17.7 Å². The van der Waals surface area contributed by atoms with Crippen molar-refractivity contribution >= 4 is 11.7 Å². The van der Waals surface area contributed by atoms with Crippen LogP contribution in [0.15, 0.2) is 65.1 Å². The van der Waals surface area contributed by atoms with Crippen LogP contribution >= 0.6 is 0 Å². The topological polar surface area (TPSA) is 67.8 Å². The molecule has 0 radical (unpaired) electrons. The minimum atomic E-state index is -0.331. The van der Waals surface area contributed by atoms with Crippen LogP contribution in [0.5, 0.6) is 5.75 Å². The number of hydrogen-bond donors (Lipinski definition) is 2. The Kier molecular flexibility index (Phi) is 9.71. The molecular weight excluding hydrogens is 467 g/mol. The van der Waals surface area contributed by atoms with Gasteiger partial charge in [0.25, 0.3) is 0 Å². The number of aliphatic imine (C=N–C) groups is 1. The number of fused-ring (bicyclic) bond motifs is 1. The standard InChI is InChI=1S/C30H43FN4O2/c1-8-24(31)23(27(21(3)4)35-26(9-2)36-7)12-13-29(5)14-16-30(6,17-15-29)33-20-22-10-11-25-28(34-22)32-18-19-37-25/h8-11,33H,1-2,12-20H2,3-7H3,(H,32,34). The molecule has 1 fully saturated rings. The molecule has 0 saturated heterocycles. The van der Waals surface area contributed by atoms with Crippen LogP contribution in [0.25, 0.3) is 0 Å². The van der Waals surface area contributed by atoms with Crippen molar-refractivity contribution in [1.29, 1.82) is 0 Å². The molecule has 7 heteroatoms. The molecule has 2 heterocycles. The summed E-state index contributed by atoms with van der Waals surface area (Å²) in [4.78, 5) is 9.27. The monoisotopic (exact) mass is 510 g/mol. The predicted octanol–water partition coefficient (Wildman–Crippen LogP) is 7.03. The van der Waals surface area contributed by atoms with E-state index in [1.165, 1.54) is 19.3 Å². The SMILES string of the molecule is C=CC(=NC(=C(C)C)C(CCC1(C)CCC(C)(NCc2ccc3c(n2)NCCO3)CC1)=C(F)C=C)OC. The highest BCUT2D eigenvalue weighted by atomic mass is 19.1. The summed E-state index contributed by atoms with van der Waals surface area (Å²) in [5.41, 5.74) is 3.28. The number of methoxy groups -OCH3 is 1. The van der Waals surface area contributed by atoms with Crippen LogP contribution in [0.2, 0.25) is 0 Å². The molecule has 0 spiro atoms. The highest BCUT2D eigenvalue weighted by molar-refractivity contribution is 5.88. The second kappa shape index (κ2) is 12.5. The van der Waals surface area contributed by atoms with E-state index in [2.05, 4.69) is 42.6 Å². The number of halogens is 1. The first kappa shape index (κ1) is 28.6. The van der Waals surface area contributed by atoms with Crippen molar-refractivity contribution in [3.05, 3.63) is 65.8 Å². The van der Waals surface area contributed by atoms with Gasteiger partial charge in [0.15, 0.2) is 11.6 Å². The minimum Gasteiger partial charge on any atom is -0.488 e. The van der Waals surface area contributed by atoms with Gasteiger partial charge in [-0.05, 0) is 89.0 Å². The second-order valence-corrected chi connectivity index (χ2v) is 10.9. The lowest BCUT2D eigenvalue weighted by atomic mass is 9.66. The molecule has 202 valence electrons. The molecule has 1 aliphatic carbocycles. The molecule has 0 atom stereocenters. The van der Waals surface area contributed by atoms with Crippen LogP contribution < -0.4 is 15.4 Å². The van der Waals surface area contributed by atoms with Gasteiger partial charge in [0.1, 0.15) is 12.4 Å². The molecule has 1 aromatic heterocycles. The van der Waals surface area contributed by atoms with E-state index < -0.39 is 0 Å². The third kappa shape index (κ3) is 7.54. The fourth-order valence-corrected chi connectivity index (χ4v) is 4.96. The summed E-state index contributed by atoms with van der Waals surface area (Å²) in [7, 11) is 1.54. The molecule has 1 saturated carbocycles. The second-order valence-electron chi connectivity index (χ2n) is 10.9. The lowest BCUT2D eigenvalue weighted by Gasteiger charge is -2.44. The van der Waals surface area contributed by atoms with Crippen molar-refractivity contribution in [2.24, 2.45) is 10.4 Å². The van der Waals surface area contributed by atoms with E-state index in [-0.39, 0.29) is 16.8 Å². The van der Waals surface area contributed by atoms with Crippen LogP contribution in [-0.4, -0.2) is 36.7 Å². The van der Waals surface area contributed by atoms with Gasteiger partial charge in [-0.1, -0.05) is 25.7 Å². The largest absolute Gasteiger partial charge is 0.488 e. The number of anilines is 1. The lowest BCUT2D eigenvalue weighted by Crippen LogP contribution is -2.46. The van der Waals surface area contributed by atoms with E-state index in [0.717, 1.165) is 61.5 Å². The van der Waals surface area contributed by atoms with Crippen molar-refractivity contribution in [2.75, 3.05) is 25.6 Å². The number of rotatable bonds is 10. The van der Waals surface area contributed by atoms with Crippen molar-refractivity contribution in [2.45, 2.75) is 78.3 Å². The number of pyridine rings is 1. The van der Waals surface area contributed by atoms with Crippen LogP contribution in [0, 0.1) is 5.41 Å². The Morgan fingerprint density at radius 2 is 1.95 bits per heavy atom. The number of allylic oxidation sites excluding steroid dienone is 4. The fraction of sp³-hybridized carbons (Fsp3) is 0.533. The van der Waals surface area contributed by atoms with Gasteiger partial charge >= 0.3 is 0 Å². The van der Waals surface area contributed by atoms with Gasteiger partial charge in [-0.15, -0.1) is 0 Å². The normalized spacial score (nSPS) is 24.1. The molecule has 0 amide bonds. The van der Waals surface area contributed by atoms with Crippen molar-refractivity contribution in [3.8, 4) is 5.75 Å². The Balaban J connectivity index is 1.63. The van der Waals surface area contributed by atoms with Crippen molar-refractivity contribution in [3.63, 3.8) is 0 Å². The maximum Gasteiger partial charge on any atom is 0.212 e. The van der Waals surface area contributed by atoms with Gasteiger partial charge in [-0.3, -0.25) is 0 Å². The summed E-state index contributed by atoms with van der Waals surface area (Å²) in [6.07, 6.45) is 8.51. The maximum absolute atomic E-state index is 15.0. The van der Waals surface area contributed by atoms with Gasteiger partial charge < -0.3 is 20.1 Å². The molecular formula is C30H43FN4O2. The summed E-state index contributed by atoms with van der Waals surface area (Å²) in [6.45, 7) is 18.1. The van der Waals surface area contributed by atoms with E-state index in [4.69, 9.17) is 14.5 Å². The number of hydrogen-bond acceptors (Lipinski definition) is 6. The smallest absolute Gasteiger partial charge is 0.212 e. The number of nitrogens with one attached hydrogen (secondary N) is 2. The van der Waals surface area contributed by atoms with Gasteiger partial charge in [0.2, 0.25) is 5.90 Å². The Hall–Kier alpha value is -2.93. The molecule has 0 bridgehead atoms. The van der Waals surface area contributed by atoms with Gasteiger partial charge in [0.05, 0.1) is 25.0 Å². The fourth-order valence-electron chi connectivity index (χ4n) is 4.96. The van der Waals surface area contributed by atoms with Crippen molar-refractivity contribution < 1.29 is 13.9 Å². The first-order valence-electron chi connectivity index (χ1n) is 13.2. The Morgan fingerprint density at radius 3 is 2.57 bits per heavy atom. The summed E-state index contributed by atoms with van der Waals surface area (Å²) in [5.74, 6) is 1.69. The molecule has 37 heavy (non-hydrogen) atoms. The minimum absolute atomic E-state index is 0.0404. The van der Waals surface area contributed by atoms with Crippen LogP contribution in [0.3, 0.4) is 0 Å². The zero-order valence-corrected chi connectivity index (χ0v) is 23.2. The quantitative estimate of drug-likeness (QED) is 0.201. The number of nitrogens with zero attached hydrogens (tertiary/aromatic N) is 2. The van der Waals surface area contributed by atoms with E-state index >= 15 is 0 Å².